The molecule has 1 aliphatic rings. The maximum absolute atomic E-state index is 13.2. The van der Waals surface area contributed by atoms with Gasteiger partial charge in [-0.3, -0.25) is 4.98 Å². The van der Waals surface area contributed by atoms with Crippen molar-refractivity contribution in [2.75, 3.05) is 0 Å². The summed E-state index contributed by atoms with van der Waals surface area (Å²) in [5, 5.41) is 0. The Morgan fingerprint density at radius 3 is 3.12 bits per heavy atom. The minimum atomic E-state index is -0.315. The lowest BCUT2D eigenvalue weighted by Crippen LogP contribution is -2.17. The average molecular weight is 231 g/mol. The lowest BCUT2D eigenvalue weighted by molar-refractivity contribution is 0.559. The molecular formula is C13H14FN3. The number of hydrogen-bond acceptors (Lipinski definition) is 2. The standard InChI is InChI=1S/C13H14FN3/c14-9-6-10(8-16-7-9)17-5-4-11-12(15)2-1-3-13(11)17/h4-8,12H,1-3,15H2. The highest BCUT2D eigenvalue weighted by Crippen LogP contribution is 2.30. The molecule has 0 aromatic carbocycles. The van der Waals surface area contributed by atoms with Gasteiger partial charge in [0.1, 0.15) is 5.82 Å². The van der Waals surface area contributed by atoms with Gasteiger partial charge in [0.2, 0.25) is 0 Å². The third kappa shape index (κ3) is 1.74. The molecule has 0 saturated carbocycles. The largest absolute Gasteiger partial charge is 0.324 e. The van der Waals surface area contributed by atoms with Gasteiger partial charge in [0.15, 0.2) is 0 Å². The first kappa shape index (κ1) is 10.5. The van der Waals surface area contributed by atoms with Gasteiger partial charge >= 0.3 is 0 Å². The second-order valence-corrected chi connectivity index (χ2v) is 4.45. The Labute approximate surface area is 99.1 Å². The Morgan fingerprint density at radius 1 is 1.41 bits per heavy atom. The minimum Gasteiger partial charge on any atom is -0.324 e. The number of pyridine rings is 1. The zero-order valence-electron chi connectivity index (χ0n) is 9.44. The Balaban J connectivity index is 2.10. The molecule has 2 aromatic heterocycles. The van der Waals surface area contributed by atoms with Gasteiger partial charge in [-0.1, -0.05) is 0 Å². The molecule has 4 heteroatoms. The number of rotatable bonds is 1. The fourth-order valence-corrected chi connectivity index (χ4v) is 2.50. The molecule has 0 spiro atoms. The fraction of sp³-hybridized carbons (Fsp3) is 0.308. The van der Waals surface area contributed by atoms with Gasteiger partial charge in [0.25, 0.3) is 0 Å². The smallest absolute Gasteiger partial charge is 0.143 e. The van der Waals surface area contributed by atoms with Gasteiger partial charge in [-0.05, 0) is 30.9 Å². The highest BCUT2D eigenvalue weighted by atomic mass is 19.1. The molecule has 0 amide bonds. The van der Waals surface area contributed by atoms with Crippen molar-refractivity contribution in [2.45, 2.75) is 25.3 Å². The van der Waals surface area contributed by atoms with Crippen LogP contribution in [0.1, 0.15) is 30.1 Å². The van der Waals surface area contributed by atoms with E-state index in [1.54, 1.807) is 6.20 Å². The van der Waals surface area contributed by atoms with Crippen molar-refractivity contribution in [2.24, 2.45) is 5.73 Å². The normalized spacial score (nSPS) is 19.1. The molecule has 1 unspecified atom stereocenters. The SMILES string of the molecule is NC1CCCc2c1ccn2-c1cncc(F)c1. The van der Waals surface area contributed by atoms with Crippen LogP contribution < -0.4 is 5.73 Å². The number of nitrogens with two attached hydrogens (primary N) is 1. The first-order valence-corrected chi connectivity index (χ1v) is 5.82. The van der Waals surface area contributed by atoms with Crippen molar-refractivity contribution in [3.05, 3.63) is 47.8 Å². The quantitative estimate of drug-likeness (QED) is 0.818. The predicted molar refractivity (Wildman–Crippen MR) is 63.4 cm³/mol. The van der Waals surface area contributed by atoms with E-state index in [0.717, 1.165) is 24.9 Å². The number of nitrogens with zero attached hydrogens (tertiary/aromatic N) is 2. The van der Waals surface area contributed by atoms with Crippen LogP contribution in [-0.2, 0) is 6.42 Å². The highest BCUT2D eigenvalue weighted by Gasteiger charge is 2.20. The maximum atomic E-state index is 13.2. The average Bonchev–Trinajstić information content (AvgIpc) is 2.74. The molecule has 0 radical (unpaired) electrons. The predicted octanol–water partition coefficient (Wildman–Crippen LogP) is 2.35. The van der Waals surface area contributed by atoms with Crippen LogP contribution in [0.15, 0.2) is 30.7 Å². The third-order valence-electron chi connectivity index (χ3n) is 3.32. The molecule has 2 heterocycles. The van der Waals surface area contributed by atoms with Gasteiger partial charge in [-0.2, -0.15) is 0 Å². The van der Waals surface area contributed by atoms with Crippen molar-refractivity contribution in [3.63, 3.8) is 0 Å². The van der Waals surface area contributed by atoms with Crippen LogP contribution in [0.4, 0.5) is 4.39 Å². The lowest BCUT2D eigenvalue weighted by Gasteiger charge is -2.20. The minimum absolute atomic E-state index is 0.113. The zero-order valence-corrected chi connectivity index (χ0v) is 9.44. The Morgan fingerprint density at radius 2 is 2.29 bits per heavy atom. The lowest BCUT2D eigenvalue weighted by atomic mass is 9.93. The van der Waals surface area contributed by atoms with Gasteiger partial charge in [0, 0.05) is 24.0 Å². The van der Waals surface area contributed by atoms with Gasteiger partial charge < -0.3 is 10.3 Å². The van der Waals surface area contributed by atoms with Crippen LogP contribution in [0.25, 0.3) is 5.69 Å². The molecule has 2 N–H and O–H groups in total. The van der Waals surface area contributed by atoms with Crippen molar-refractivity contribution in [1.29, 1.82) is 0 Å². The second-order valence-electron chi connectivity index (χ2n) is 4.45. The highest BCUT2D eigenvalue weighted by molar-refractivity contribution is 5.38. The van der Waals surface area contributed by atoms with E-state index in [1.165, 1.54) is 23.5 Å². The van der Waals surface area contributed by atoms with Gasteiger partial charge in [-0.15, -0.1) is 0 Å². The summed E-state index contributed by atoms with van der Waals surface area (Å²) in [6.45, 7) is 0. The molecule has 1 atom stereocenters. The first-order chi connectivity index (χ1) is 8.25. The Kier molecular flexibility index (Phi) is 2.44. The van der Waals surface area contributed by atoms with Gasteiger partial charge in [-0.25, -0.2) is 4.39 Å². The summed E-state index contributed by atoms with van der Waals surface area (Å²) in [6.07, 6.45) is 7.94. The van der Waals surface area contributed by atoms with Crippen LogP contribution in [0.3, 0.4) is 0 Å². The van der Waals surface area contributed by atoms with E-state index in [-0.39, 0.29) is 11.9 Å². The van der Waals surface area contributed by atoms with Crippen LogP contribution >= 0.6 is 0 Å². The second kappa shape index (κ2) is 3.96. The molecule has 88 valence electrons. The fourth-order valence-electron chi connectivity index (χ4n) is 2.50. The van der Waals surface area contributed by atoms with E-state index in [0.29, 0.717) is 0 Å². The summed E-state index contributed by atoms with van der Waals surface area (Å²) in [7, 11) is 0. The number of fused-ring (bicyclic) bond motifs is 1. The molecule has 2 aromatic rings. The molecule has 0 bridgehead atoms. The molecule has 1 aliphatic carbocycles. The number of halogens is 1. The van der Waals surface area contributed by atoms with Crippen molar-refractivity contribution < 1.29 is 4.39 Å². The van der Waals surface area contributed by atoms with Crippen molar-refractivity contribution >= 4 is 0 Å². The maximum Gasteiger partial charge on any atom is 0.143 e. The summed E-state index contributed by atoms with van der Waals surface area (Å²) >= 11 is 0. The molecule has 0 fully saturated rings. The Bertz CT molecular complexity index is 547. The summed E-state index contributed by atoms with van der Waals surface area (Å²) < 4.78 is 15.2. The van der Waals surface area contributed by atoms with Crippen molar-refractivity contribution in [1.82, 2.24) is 9.55 Å². The van der Waals surface area contributed by atoms with E-state index in [1.807, 2.05) is 16.8 Å². The third-order valence-corrected chi connectivity index (χ3v) is 3.32. The van der Waals surface area contributed by atoms with E-state index in [4.69, 9.17) is 5.73 Å². The van der Waals surface area contributed by atoms with Crippen LogP contribution in [0.2, 0.25) is 0 Å². The van der Waals surface area contributed by atoms with Crippen LogP contribution in [0, 0.1) is 5.82 Å². The summed E-state index contributed by atoms with van der Waals surface area (Å²) in [4.78, 5) is 3.88. The van der Waals surface area contributed by atoms with E-state index < -0.39 is 0 Å². The monoisotopic (exact) mass is 231 g/mol. The van der Waals surface area contributed by atoms with Crippen LogP contribution in [-0.4, -0.2) is 9.55 Å². The molecule has 0 saturated heterocycles. The zero-order chi connectivity index (χ0) is 11.8. The topological polar surface area (TPSA) is 43.8 Å². The molecular weight excluding hydrogens is 217 g/mol. The number of hydrogen-bond donors (Lipinski definition) is 1. The number of aromatic nitrogens is 2. The van der Waals surface area contributed by atoms with E-state index in [2.05, 4.69) is 4.98 Å². The molecule has 17 heavy (non-hydrogen) atoms. The molecule has 3 rings (SSSR count). The van der Waals surface area contributed by atoms with E-state index in [9.17, 15) is 4.39 Å². The summed E-state index contributed by atoms with van der Waals surface area (Å²) in [5.41, 5.74) is 9.20. The summed E-state index contributed by atoms with van der Waals surface area (Å²) in [6, 6.07) is 3.64. The molecule has 0 aliphatic heterocycles. The van der Waals surface area contributed by atoms with Gasteiger partial charge in [0.05, 0.1) is 18.1 Å². The Hall–Kier alpha value is -1.68. The van der Waals surface area contributed by atoms with Crippen LogP contribution in [0.5, 0.6) is 0 Å². The first-order valence-electron chi connectivity index (χ1n) is 5.82. The van der Waals surface area contributed by atoms with E-state index >= 15 is 0 Å². The summed E-state index contributed by atoms with van der Waals surface area (Å²) in [5.74, 6) is -0.315. The molecule has 3 nitrogen and oxygen atoms in total. The van der Waals surface area contributed by atoms with Crippen molar-refractivity contribution in [3.8, 4) is 5.69 Å².